The number of amides is 1. The van der Waals surface area contributed by atoms with Crippen LogP contribution < -0.4 is 14.8 Å². The highest BCUT2D eigenvalue weighted by Gasteiger charge is 2.27. The number of para-hydroxylation sites is 2. The zero-order valence-corrected chi connectivity index (χ0v) is 11.2. The largest absolute Gasteiger partial charge is 0.485 e. The van der Waals surface area contributed by atoms with Crippen LogP contribution in [-0.4, -0.2) is 28.6 Å². The molecule has 1 aromatic carbocycles. The number of aromatic nitrogens is 2. The first-order valence-electron chi connectivity index (χ1n) is 5.79. The zero-order valence-electron chi connectivity index (χ0n) is 10.4. The molecular formula is C13H12ClN3O3. The molecule has 7 heteroatoms. The van der Waals surface area contributed by atoms with Crippen LogP contribution in [0.4, 0.5) is 5.95 Å². The van der Waals surface area contributed by atoms with Crippen molar-refractivity contribution in [3.8, 4) is 11.5 Å². The first-order chi connectivity index (χ1) is 9.33. The van der Waals surface area contributed by atoms with Gasteiger partial charge in [-0.05, 0) is 18.2 Å². The first-order valence-corrected chi connectivity index (χ1v) is 5.79. The molecule has 0 saturated carbocycles. The van der Waals surface area contributed by atoms with Crippen molar-refractivity contribution in [2.24, 2.45) is 0 Å². The van der Waals surface area contributed by atoms with Gasteiger partial charge in [0, 0.05) is 12.4 Å². The van der Waals surface area contributed by atoms with E-state index in [1.165, 1.54) is 0 Å². The maximum atomic E-state index is 12.0. The Morgan fingerprint density at radius 2 is 1.85 bits per heavy atom. The number of fused-ring (bicyclic) bond motifs is 1. The lowest BCUT2D eigenvalue weighted by Crippen LogP contribution is -2.40. The minimum atomic E-state index is -0.710. The Bertz CT molecular complexity index is 594. The first kappa shape index (κ1) is 14.1. The van der Waals surface area contributed by atoms with Crippen LogP contribution >= 0.6 is 12.4 Å². The van der Waals surface area contributed by atoms with Gasteiger partial charge in [-0.1, -0.05) is 12.1 Å². The van der Waals surface area contributed by atoms with E-state index < -0.39 is 6.10 Å². The molecule has 0 radical (unpaired) electrons. The van der Waals surface area contributed by atoms with Gasteiger partial charge in [-0.25, -0.2) is 9.97 Å². The lowest BCUT2D eigenvalue weighted by molar-refractivity contribution is -0.125. The molecule has 1 aliphatic rings. The molecule has 104 valence electrons. The number of hydrogen-bond acceptors (Lipinski definition) is 5. The molecular weight excluding hydrogens is 282 g/mol. The number of carbonyl (C=O) groups is 1. The van der Waals surface area contributed by atoms with Crippen LogP contribution in [0.15, 0.2) is 42.7 Å². The Kier molecular flexibility index (Phi) is 4.37. The molecule has 0 saturated heterocycles. The van der Waals surface area contributed by atoms with Crippen LogP contribution in [0.1, 0.15) is 0 Å². The van der Waals surface area contributed by atoms with Gasteiger partial charge in [0.15, 0.2) is 11.5 Å². The van der Waals surface area contributed by atoms with Gasteiger partial charge in [0.1, 0.15) is 6.61 Å². The predicted molar refractivity (Wildman–Crippen MR) is 74.3 cm³/mol. The van der Waals surface area contributed by atoms with Crippen molar-refractivity contribution in [1.82, 2.24) is 9.97 Å². The molecule has 2 heterocycles. The molecule has 1 atom stereocenters. The van der Waals surface area contributed by atoms with E-state index in [4.69, 9.17) is 9.47 Å². The quantitative estimate of drug-likeness (QED) is 0.912. The molecule has 0 fully saturated rings. The SMILES string of the molecule is Cl.O=C(Nc1ncccn1)C1COc2ccccc2O1. The smallest absolute Gasteiger partial charge is 0.271 e. The number of benzene rings is 1. The average molecular weight is 294 g/mol. The number of carbonyl (C=O) groups excluding carboxylic acids is 1. The summed E-state index contributed by atoms with van der Waals surface area (Å²) in [5.41, 5.74) is 0. The van der Waals surface area contributed by atoms with Gasteiger partial charge in [0.05, 0.1) is 0 Å². The molecule has 6 nitrogen and oxygen atoms in total. The van der Waals surface area contributed by atoms with E-state index >= 15 is 0 Å². The third-order valence-corrected chi connectivity index (χ3v) is 2.60. The van der Waals surface area contributed by atoms with Gasteiger partial charge >= 0.3 is 0 Å². The maximum absolute atomic E-state index is 12.0. The number of nitrogens with zero attached hydrogens (tertiary/aromatic N) is 2. The molecule has 1 amide bonds. The molecule has 2 aromatic rings. The Morgan fingerprint density at radius 1 is 1.15 bits per heavy atom. The third-order valence-electron chi connectivity index (χ3n) is 2.60. The van der Waals surface area contributed by atoms with Crippen LogP contribution in [0.2, 0.25) is 0 Å². The Hall–Kier alpha value is -2.34. The normalized spacial score (nSPS) is 15.9. The van der Waals surface area contributed by atoms with E-state index in [0.29, 0.717) is 11.5 Å². The summed E-state index contributed by atoms with van der Waals surface area (Å²) in [5.74, 6) is 1.11. The van der Waals surface area contributed by atoms with Crippen LogP contribution in [0, 0.1) is 0 Å². The highest BCUT2D eigenvalue weighted by atomic mass is 35.5. The van der Waals surface area contributed by atoms with Crippen LogP contribution in [0.25, 0.3) is 0 Å². The summed E-state index contributed by atoms with van der Waals surface area (Å²) in [4.78, 5) is 19.8. The number of anilines is 1. The molecule has 0 spiro atoms. The lowest BCUT2D eigenvalue weighted by Gasteiger charge is -2.25. The van der Waals surface area contributed by atoms with Crippen molar-refractivity contribution < 1.29 is 14.3 Å². The number of hydrogen-bond donors (Lipinski definition) is 1. The molecule has 1 aliphatic heterocycles. The highest BCUT2D eigenvalue weighted by Crippen LogP contribution is 2.30. The standard InChI is InChI=1S/C13H11N3O3.ClH/c17-12(16-13-14-6-3-7-15-13)11-8-18-9-4-1-2-5-10(9)19-11;/h1-7,11H,8H2,(H,14,15,16,17);1H. The average Bonchev–Trinajstić information content (AvgIpc) is 2.48. The van der Waals surface area contributed by atoms with Crippen molar-refractivity contribution in [2.45, 2.75) is 6.10 Å². The van der Waals surface area contributed by atoms with Gasteiger partial charge in [-0.2, -0.15) is 0 Å². The van der Waals surface area contributed by atoms with Crippen molar-refractivity contribution in [3.63, 3.8) is 0 Å². The second-order valence-corrected chi connectivity index (χ2v) is 3.93. The Morgan fingerprint density at radius 3 is 2.60 bits per heavy atom. The van der Waals surface area contributed by atoms with E-state index in [2.05, 4.69) is 15.3 Å². The Balaban J connectivity index is 0.00000147. The molecule has 20 heavy (non-hydrogen) atoms. The number of halogens is 1. The second kappa shape index (κ2) is 6.21. The molecule has 1 N–H and O–H groups in total. The zero-order chi connectivity index (χ0) is 13.1. The molecule has 1 unspecified atom stereocenters. The van der Waals surface area contributed by atoms with E-state index in [0.717, 1.165) is 0 Å². The molecule has 3 rings (SSSR count). The second-order valence-electron chi connectivity index (χ2n) is 3.93. The van der Waals surface area contributed by atoms with Gasteiger partial charge in [-0.15, -0.1) is 12.4 Å². The summed E-state index contributed by atoms with van der Waals surface area (Å²) in [6, 6.07) is 8.90. The third kappa shape index (κ3) is 2.97. The number of ether oxygens (including phenoxy) is 2. The van der Waals surface area contributed by atoms with Crippen molar-refractivity contribution in [3.05, 3.63) is 42.7 Å². The fourth-order valence-electron chi connectivity index (χ4n) is 1.70. The van der Waals surface area contributed by atoms with Crippen LogP contribution in [0.3, 0.4) is 0 Å². The minimum absolute atomic E-state index is 0. The van der Waals surface area contributed by atoms with Crippen molar-refractivity contribution >= 4 is 24.3 Å². The summed E-state index contributed by atoms with van der Waals surface area (Å²) in [5, 5.41) is 2.58. The number of rotatable bonds is 2. The topological polar surface area (TPSA) is 73.3 Å². The molecule has 0 aliphatic carbocycles. The predicted octanol–water partition coefficient (Wildman–Crippen LogP) is 1.68. The molecule has 0 bridgehead atoms. The van der Waals surface area contributed by atoms with Crippen molar-refractivity contribution in [1.29, 1.82) is 0 Å². The summed E-state index contributed by atoms with van der Waals surface area (Å²) in [7, 11) is 0. The van der Waals surface area contributed by atoms with E-state index in [-0.39, 0.29) is 30.9 Å². The van der Waals surface area contributed by atoms with Gasteiger partial charge in [0.2, 0.25) is 12.1 Å². The van der Waals surface area contributed by atoms with Gasteiger partial charge in [0.25, 0.3) is 5.91 Å². The van der Waals surface area contributed by atoms with E-state index in [1.807, 2.05) is 12.1 Å². The Labute approximate surface area is 121 Å². The van der Waals surface area contributed by atoms with Crippen LogP contribution in [0.5, 0.6) is 11.5 Å². The fraction of sp³-hybridized carbons (Fsp3) is 0.154. The minimum Gasteiger partial charge on any atom is -0.485 e. The van der Waals surface area contributed by atoms with Crippen LogP contribution in [-0.2, 0) is 4.79 Å². The maximum Gasteiger partial charge on any atom is 0.271 e. The number of nitrogens with one attached hydrogen (secondary N) is 1. The van der Waals surface area contributed by atoms with Gasteiger partial charge < -0.3 is 9.47 Å². The summed E-state index contributed by atoms with van der Waals surface area (Å²) < 4.78 is 11.0. The van der Waals surface area contributed by atoms with Crippen molar-refractivity contribution in [2.75, 3.05) is 11.9 Å². The van der Waals surface area contributed by atoms with Gasteiger partial charge in [-0.3, -0.25) is 10.1 Å². The van der Waals surface area contributed by atoms with E-state index in [9.17, 15) is 4.79 Å². The lowest BCUT2D eigenvalue weighted by atomic mass is 10.2. The molecule has 1 aromatic heterocycles. The monoisotopic (exact) mass is 293 g/mol. The highest BCUT2D eigenvalue weighted by molar-refractivity contribution is 5.93. The summed E-state index contributed by atoms with van der Waals surface area (Å²) in [6.07, 6.45) is 2.39. The van der Waals surface area contributed by atoms with E-state index in [1.54, 1.807) is 30.6 Å². The summed E-state index contributed by atoms with van der Waals surface area (Å²) >= 11 is 0. The fourth-order valence-corrected chi connectivity index (χ4v) is 1.70. The summed E-state index contributed by atoms with van der Waals surface area (Å²) in [6.45, 7) is 0.162.